The summed E-state index contributed by atoms with van der Waals surface area (Å²) in [4.78, 5) is 21.2. The van der Waals surface area contributed by atoms with Crippen LogP contribution in [0.5, 0.6) is 0 Å². The number of carbonyl (C=O) groups excluding carboxylic acids is 1. The summed E-state index contributed by atoms with van der Waals surface area (Å²) in [5, 5.41) is 12.0. The number of aliphatic hydroxyl groups excluding tert-OH is 1. The highest BCUT2D eigenvalue weighted by atomic mass is 32.1. The Bertz CT molecular complexity index is 1070. The Kier molecular flexibility index (Phi) is 6.22. The first kappa shape index (κ1) is 21.7. The van der Waals surface area contributed by atoms with Crippen molar-refractivity contribution in [1.82, 2.24) is 9.97 Å². The number of aromatic nitrogens is 2. The van der Waals surface area contributed by atoms with E-state index in [4.69, 9.17) is 4.74 Å². The summed E-state index contributed by atoms with van der Waals surface area (Å²) in [7, 11) is 0. The molecule has 31 heavy (non-hydrogen) atoms. The topological polar surface area (TPSA) is 72.3 Å². The van der Waals surface area contributed by atoms with Crippen LogP contribution in [0.2, 0.25) is 0 Å². The lowest BCUT2D eigenvalue weighted by atomic mass is 9.87. The summed E-state index contributed by atoms with van der Waals surface area (Å²) < 4.78 is 34.2. The van der Waals surface area contributed by atoms with Crippen molar-refractivity contribution >= 4 is 17.1 Å². The molecule has 0 radical (unpaired) electrons. The van der Waals surface area contributed by atoms with Crippen LogP contribution in [0.25, 0.3) is 10.6 Å². The number of ketones is 1. The molecule has 3 heterocycles. The van der Waals surface area contributed by atoms with E-state index < -0.39 is 17.7 Å². The largest absolute Gasteiger partial charge is 0.393 e. The lowest BCUT2D eigenvalue weighted by Gasteiger charge is -2.37. The molecule has 1 N–H and O–H groups in total. The van der Waals surface area contributed by atoms with Crippen molar-refractivity contribution < 1.29 is 23.4 Å². The molecule has 0 aliphatic carbocycles. The zero-order chi connectivity index (χ0) is 22.1. The predicted octanol–water partition coefficient (Wildman–Crippen LogP) is 4.76. The molecular weight excluding hydrogens is 422 g/mol. The molecule has 1 saturated heterocycles. The van der Waals surface area contributed by atoms with Gasteiger partial charge in [0.2, 0.25) is 0 Å². The number of halogens is 2. The molecule has 0 unspecified atom stereocenters. The maximum Gasteiger partial charge on any atom is 0.186 e. The molecule has 162 valence electrons. The highest BCUT2D eigenvalue weighted by Crippen LogP contribution is 2.36. The average Bonchev–Trinajstić information content (AvgIpc) is 3.22. The van der Waals surface area contributed by atoms with Gasteiger partial charge in [-0.3, -0.25) is 9.78 Å². The number of benzene rings is 1. The molecule has 0 amide bonds. The van der Waals surface area contributed by atoms with Crippen molar-refractivity contribution in [2.24, 2.45) is 5.92 Å². The van der Waals surface area contributed by atoms with Gasteiger partial charge in [-0.25, -0.2) is 13.8 Å². The quantitative estimate of drug-likeness (QED) is 0.575. The summed E-state index contributed by atoms with van der Waals surface area (Å²) in [5.74, 6) is -1.71. The fourth-order valence-electron chi connectivity index (χ4n) is 3.77. The molecule has 0 bridgehead atoms. The van der Waals surface area contributed by atoms with Crippen molar-refractivity contribution in [2.45, 2.75) is 45.0 Å². The first-order chi connectivity index (χ1) is 14.8. The number of carbonyl (C=O) groups is 1. The minimum atomic E-state index is -0.723. The van der Waals surface area contributed by atoms with Gasteiger partial charge < -0.3 is 9.84 Å². The number of Topliss-reactive ketones (excluding diaryl/α,β-unsaturated/α-hetero) is 1. The summed E-state index contributed by atoms with van der Waals surface area (Å²) in [6.07, 6.45) is 2.73. The molecule has 0 spiro atoms. The second kappa shape index (κ2) is 8.90. The monoisotopic (exact) mass is 444 g/mol. The minimum Gasteiger partial charge on any atom is -0.393 e. The van der Waals surface area contributed by atoms with E-state index in [-0.39, 0.29) is 46.6 Å². The first-order valence-electron chi connectivity index (χ1n) is 10.0. The third kappa shape index (κ3) is 4.42. The van der Waals surface area contributed by atoms with Gasteiger partial charge in [-0.1, -0.05) is 13.0 Å². The van der Waals surface area contributed by atoms with Crippen molar-refractivity contribution in [3.8, 4) is 10.6 Å². The van der Waals surface area contributed by atoms with Crippen LogP contribution < -0.4 is 0 Å². The molecule has 1 fully saturated rings. The van der Waals surface area contributed by atoms with E-state index in [9.17, 15) is 18.7 Å². The van der Waals surface area contributed by atoms with E-state index in [0.717, 1.165) is 29.0 Å². The van der Waals surface area contributed by atoms with Crippen molar-refractivity contribution in [3.63, 3.8) is 0 Å². The zero-order valence-corrected chi connectivity index (χ0v) is 17.9. The number of rotatable bonds is 5. The molecule has 4 rings (SSSR count). The SMILES string of the molecule is C[C@H]1[C@H](C)O[C@H](c2ccncc2CC(=O)c2csc(-c3c(F)cccc3F)n2)C[C@@H]1O. The Balaban J connectivity index is 1.56. The van der Waals surface area contributed by atoms with Crippen molar-refractivity contribution in [2.75, 3.05) is 0 Å². The Morgan fingerprint density at radius 2 is 2.00 bits per heavy atom. The van der Waals surface area contributed by atoms with Gasteiger partial charge in [-0.15, -0.1) is 11.3 Å². The minimum absolute atomic E-state index is 0.0198. The van der Waals surface area contributed by atoms with Gasteiger partial charge in [-0.05, 0) is 36.2 Å². The van der Waals surface area contributed by atoms with E-state index in [1.54, 1.807) is 18.5 Å². The smallest absolute Gasteiger partial charge is 0.186 e. The van der Waals surface area contributed by atoms with Gasteiger partial charge >= 0.3 is 0 Å². The van der Waals surface area contributed by atoms with E-state index in [1.807, 2.05) is 13.8 Å². The molecule has 4 atom stereocenters. The number of thiazole rings is 1. The molecule has 1 aliphatic rings. The highest BCUT2D eigenvalue weighted by Gasteiger charge is 2.34. The third-order valence-corrected chi connectivity index (χ3v) is 6.65. The maximum atomic E-state index is 14.0. The number of aliphatic hydroxyl groups is 1. The lowest BCUT2D eigenvalue weighted by Crippen LogP contribution is -2.38. The number of hydrogen-bond donors (Lipinski definition) is 1. The van der Waals surface area contributed by atoms with Gasteiger partial charge in [0.1, 0.15) is 22.3 Å². The first-order valence-corrected chi connectivity index (χ1v) is 10.9. The van der Waals surface area contributed by atoms with E-state index in [1.165, 1.54) is 11.4 Å². The third-order valence-electron chi connectivity index (χ3n) is 5.79. The molecule has 5 nitrogen and oxygen atoms in total. The summed E-state index contributed by atoms with van der Waals surface area (Å²) in [6, 6.07) is 5.39. The Morgan fingerprint density at radius 3 is 2.71 bits per heavy atom. The van der Waals surface area contributed by atoms with Crippen LogP contribution in [-0.4, -0.2) is 33.1 Å². The van der Waals surface area contributed by atoms with Crippen LogP contribution in [0, 0.1) is 17.6 Å². The normalized spacial score (nSPS) is 23.6. The Labute approximate surface area is 182 Å². The van der Waals surface area contributed by atoms with Crippen LogP contribution in [0.3, 0.4) is 0 Å². The maximum absolute atomic E-state index is 14.0. The lowest BCUT2D eigenvalue weighted by molar-refractivity contribution is -0.125. The summed E-state index contributed by atoms with van der Waals surface area (Å²) >= 11 is 1.02. The van der Waals surface area contributed by atoms with Gasteiger partial charge in [0, 0.05) is 36.5 Å². The number of nitrogens with zero attached hydrogens (tertiary/aromatic N) is 2. The van der Waals surface area contributed by atoms with Gasteiger partial charge in [0.15, 0.2) is 5.78 Å². The van der Waals surface area contributed by atoms with Crippen molar-refractivity contribution in [3.05, 3.63) is 70.5 Å². The second-order valence-corrected chi connectivity index (χ2v) is 8.66. The fourth-order valence-corrected chi connectivity index (χ4v) is 4.64. The predicted molar refractivity (Wildman–Crippen MR) is 113 cm³/mol. The molecule has 1 aliphatic heterocycles. The number of ether oxygens (including phenoxy) is 1. The van der Waals surface area contributed by atoms with Gasteiger partial charge in [0.05, 0.1) is 23.9 Å². The Hall–Kier alpha value is -2.55. The van der Waals surface area contributed by atoms with E-state index in [2.05, 4.69) is 9.97 Å². The molecular formula is C23H22F2N2O3S. The van der Waals surface area contributed by atoms with Gasteiger partial charge in [-0.2, -0.15) is 0 Å². The molecule has 2 aromatic heterocycles. The second-order valence-electron chi connectivity index (χ2n) is 7.80. The van der Waals surface area contributed by atoms with Crippen molar-refractivity contribution in [1.29, 1.82) is 0 Å². The molecule has 8 heteroatoms. The molecule has 1 aromatic carbocycles. The summed E-state index contributed by atoms with van der Waals surface area (Å²) in [6.45, 7) is 3.87. The van der Waals surface area contributed by atoms with Crippen LogP contribution in [0.1, 0.15) is 48.0 Å². The Morgan fingerprint density at radius 1 is 1.26 bits per heavy atom. The van der Waals surface area contributed by atoms with Crippen LogP contribution in [-0.2, 0) is 11.2 Å². The van der Waals surface area contributed by atoms with E-state index >= 15 is 0 Å². The van der Waals surface area contributed by atoms with Crippen LogP contribution in [0.15, 0.2) is 42.0 Å². The van der Waals surface area contributed by atoms with Crippen LogP contribution in [0.4, 0.5) is 8.78 Å². The summed E-state index contributed by atoms with van der Waals surface area (Å²) in [5.41, 5.74) is 1.39. The highest BCUT2D eigenvalue weighted by molar-refractivity contribution is 7.13. The average molecular weight is 445 g/mol. The van der Waals surface area contributed by atoms with E-state index in [0.29, 0.717) is 12.0 Å². The number of hydrogen-bond acceptors (Lipinski definition) is 6. The standard InChI is InChI=1S/C23H22F2N2O3S/c1-12-13(2)30-21(9-19(12)28)15-6-7-26-10-14(15)8-20(29)18-11-31-23(27-18)22-16(24)4-3-5-17(22)25/h3-7,10-13,19,21,28H,8-9H2,1-2H3/t12-,13-,19-,21-/m0/s1. The van der Waals surface area contributed by atoms with Crippen LogP contribution >= 0.6 is 11.3 Å². The molecule has 3 aromatic rings. The number of pyridine rings is 1. The van der Waals surface area contributed by atoms with Gasteiger partial charge in [0.25, 0.3) is 0 Å². The zero-order valence-electron chi connectivity index (χ0n) is 17.1. The molecule has 0 saturated carbocycles. The fraction of sp³-hybridized carbons (Fsp3) is 0.348.